The molecule has 25 heavy (non-hydrogen) atoms. The number of methoxy groups -OCH3 is 1. The van der Waals surface area contributed by atoms with Gasteiger partial charge in [0.1, 0.15) is 5.75 Å². The number of piperidine rings is 1. The van der Waals surface area contributed by atoms with Gasteiger partial charge >= 0.3 is 0 Å². The molecule has 0 atom stereocenters. The summed E-state index contributed by atoms with van der Waals surface area (Å²) in [5, 5.41) is 5.41. The summed E-state index contributed by atoms with van der Waals surface area (Å²) in [5.41, 5.74) is 0.423. The molecule has 0 spiro atoms. The van der Waals surface area contributed by atoms with Crippen molar-refractivity contribution >= 4 is 34.8 Å². The maximum absolute atomic E-state index is 12.5. The van der Waals surface area contributed by atoms with Crippen LogP contribution in [0.1, 0.15) is 32.9 Å². The first-order valence-corrected chi connectivity index (χ1v) is 9.31. The zero-order valence-corrected chi connectivity index (χ0v) is 15.4. The molecule has 1 fully saturated rings. The number of likely N-dealkylation sites (tertiary alicyclic amines) is 1. The number of carbonyl (C=O) groups excluding carboxylic acids is 2. The summed E-state index contributed by atoms with van der Waals surface area (Å²) in [4.78, 5) is 27.5. The van der Waals surface area contributed by atoms with E-state index < -0.39 is 0 Å². The molecule has 0 radical (unpaired) electrons. The Balaban J connectivity index is 1.58. The summed E-state index contributed by atoms with van der Waals surface area (Å²) in [6, 6.07) is 8.72. The standard InChI is InChI=1S/C18H19ClN2O3S/c1-24-15-5-4-12(19)11-14(15)17(22)20-13-6-8-21(9-7-13)18(23)16-3-2-10-25-16/h2-5,10-11,13H,6-9H2,1H3,(H,20,22). The second-order valence-corrected chi connectivity index (χ2v) is 7.25. The smallest absolute Gasteiger partial charge is 0.263 e. The highest BCUT2D eigenvalue weighted by molar-refractivity contribution is 7.12. The number of nitrogens with one attached hydrogen (secondary N) is 1. The van der Waals surface area contributed by atoms with Crippen molar-refractivity contribution in [2.45, 2.75) is 18.9 Å². The molecule has 0 bridgehead atoms. The van der Waals surface area contributed by atoms with Gasteiger partial charge in [0.05, 0.1) is 17.6 Å². The summed E-state index contributed by atoms with van der Waals surface area (Å²) >= 11 is 7.44. The lowest BCUT2D eigenvalue weighted by Gasteiger charge is -2.32. The van der Waals surface area contributed by atoms with E-state index in [9.17, 15) is 9.59 Å². The molecule has 2 aromatic rings. The van der Waals surface area contributed by atoms with E-state index in [1.54, 1.807) is 18.2 Å². The van der Waals surface area contributed by atoms with Crippen molar-refractivity contribution in [1.29, 1.82) is 0 Å². The first-order chi connectivity index (χ1) is 12.1. The first kappa shape index (κ1) is 17.8. The molecular formula is C18H19ClN2O3S. The van der Waals surface area contributed by atoms with E-state index in [0.717, 1.165) is 17.7 Å². The molecule has 1 aliphatic rings. The molecule has 0 unspecified atom stereocenters. The Morgan fingerprint density at radius 1 is 1.28 bits per heavy atom. The molecule has 5 nitrogen and oxygen atoms in total. The van der Waals surface area contributed by atoms with Crippen molar-refractivity contribution in [2.75, 3.05) is 20.2 Å². The summed E-state index contributed by atoms with van der Waals surface area (Å²) < 4.78 is 5.23. The van der Waals surface area contributed by atoms with E-state index >= 15 is 0 Å². The first-order valence-electron chi connectivity index (χ1n) is 8.05. The van der Waals surface area contributed by atoms with Crippen LogP contribution in [0.25, 0.3) is 0 Å². The van der Waals surface area contributed by atoms with Gasteiger partial charge in [-0.05, 0) is 42.5 Å². The molecule has 1 saturated heterocycles. The van der Waals surface area contributed by atoms with E-state index in [1.807, 2.05) is 22.4 Å². The maximum atomic E-state index is 12.5. The summed E-state index contributed by atoms with van der Waals surface area (Å²) in [7, 11) is 1.52. The SMILES string of the molecule is COc1ccc(Cl)cc1C(=O)NC1CCN(C(=O)c2cccs2)CC1. The van der Waals surface area contributed by atoms with Crippen LogP contribution in [0.4, 0.5) is 0 Å². The minimum absolute atomic E-state index is 0.0311. The number of hydrogen-bond acceptors (Lipinski definition) is 4. The number of amides is 2. The molecule has 2 heterocycles. The van der Waals surface area contributed by atoms with Gasteiger partial charge in [0.15, 0.2) is 0 Å². The molecule has 7 heteroatoms. The van der Waals surface area contributed by atoms with E-state index in [1.165, 1.54) is 18.4 Å². The van der Waals surface area contributed by atoms with Crippen LogP contribution < -0.4 is 10.1 Å². The third-order valence-corrected chi connectivity index (χ3v) is 5.35. The zero-order valence-electron chi connectivity index (χ0n) is 13.8. The van der Waals surface area contributed by atoms with Crippen molar-refractivity contribution in [3.8, 4) is 5.75 Å². The Hall–Kier alpha value is -2.05. The fourth-order valence-corrected chi connectivity index (χ4v) is 3.77. The number of benzene rings is 1. The van der Waals surface area contributed by atoms with Gasteiger partial charge in [0.25, 0.3) is 11.8 Å². The van der Waals surface area contributed by atoms with Gasteiger partial charge in [-0.25, -0.2) is 0 Å². The third kappa shape index (κ3) is 4.14. The van der Waals surface area contributed by atoms with Crippen molar-refractivity contribution in [1.82, 2.24) is 10.2 Å². The Morgan fingerprint density at radius 3 is 2.68 bits per heavy atom. The van der Waals surface area contributed by atoms with Gasteiger partial charge < -0.3 is 15.0 Å². The summed E-state index contributed by atoms with van der Waals surface area (Å²) in [6.07, 6.45) is 1.46. The van der Waals surface area contributed by atoms with Gasteiger partial charge in [-0.2, -0.15) is 0 Å². The minimum atomic E-state index is -0.206. The monoisotopic (exact) mass is 378 g/mol. The topological polar surface area (TPSA) is 58.6 Å². The molecule has 132 valence electrons. The zero-order chi connectivity index (χ0) is 17.8. The Bertz CT molecular complexity index is 756. The highest BCUT2D eigenvalue weighted by atomic mass is 35.5. The fourth-order valence-electron chi connectivity index (χ4n) is 2.90. The number of nitrogens with zero attached hydrogens (tertiary/aromatic N) is 1. The van der Waals surface area contributed by atoms with Gasteiger partial charge in [-0.3, -0.25) is 9.59 Å². The number of hydrogen-bond donors (Lipinski definition) is 1. The van der Waals surface area contributed by atoms with E-state index in [4.69, 9.17) is 16.3 Å². The predicted molar refractivity (Wildman–Crippen MR) is 98.7 cm³/mol. The van der Waals surface area contributed by atoms with E-state index in [-0.39, 0.29) is 17.9 Å². The Morgan fingerprint density at radius 2 is 2.04 bits per heavy atom. The van der Waals surface area contributed by atoms with Crippen molar-refractivity contribution in [3.63, 3.8) is 0 Å². The highest BCUT2D eigenvalue weighted by Gasteiger charge is 2.26. The Kier molecular flexibility index (Phi) is 5.60. The van der Waals surface area contributed by atoms with Gasteiger partial charge in [0.2, 0.25) is 0 Å². The molecular weight excluding hydrogens is 360 g/mol. The van der Waals surface area contributed by atoms with Crippen LogP contribution in [-0.2, 0) is 0 Å². The lowest BCUT2D eigenvalue weighted by Crippen LogP contribution is -2.46. The number of thiophene rings is 1. The molecule has 1 N–H and O–H groups in total. The number of ether oxygens (including phenoxy) is 1. The van der Waals surface area contributed by atoms with Crippen LogP contribution in [0.3, 0.4) is 0 Å². The van der Waals surface area contributed by atoms with E-state index in [2.05, 4.69) is 5.32 Å². The molecule has 0 aliphatic carbocycles. The molecule has 1 aromatic heterocycles. The lowest BCUT2D eigenvalue weighted by atomic mass is 10.0. The average molecular weight is 379 g/mol. The van der Waals surface area contributed by atoms with Crippen LogP contribution in [0, 0.1) is 0 Å². The molecule has 0 saturated carbocycles. The van der Waals surface area contributed by atoms with Crippen LogP contribution in [0.15, 0.2) is 35.7 Å². The number of rotatable bonds is 4. The van der Waals surface area contributed by atoms with Crippen LogP contribution >= 0.6 is 22.9 Å². The minimum Gasteiger partial charge on any atom is -0.496 e. The highest BCUT2D eigenvalue weighted by Crippen LogP contribution is 2.23. The van der Waals surface area contributed by atoms with Gasteiger partial charge in [-0.15, -0.1) is 11.3 Å². The van der Waals surface area contributed by atoms with Crippen LogP contribution in [-0.4, -0.2) is 43.0 Å². The summed E-state index contributed by atoms with van der Waals surface area (Å²) in [5.74, 6) is 0.353. The van der Waals surface area contributed by atoms with Crippen molar-refractivity contribution < 1.29 is 14.3 Å². The lowest BCUT2D eigenvalue weighted by molar-refractivity contribution is 0.0702. The molecule has 1 aliphatic heterocycles. The maximum Gasteiger partial charge on any atom is 0.263 e. The Labute approximate surface area is 155 Å². The number of carbonyl (C=O) groups is 2. The van der Waals surface area contributed by atoms with Crippen LogP contribution in [0.5, 0.6) is 5.75 Å². The molecule has 2 amide bonds. The van der Waals surface area contributed by atoms with Gasteiger partial charge in [-0.1, -0.05) is 17.7 Å². The quantitative estimate of drug-likeness (QED) is 0.886. The van der Waals surface area contributed by atoms with E-state index in [0.29, 0.717) is 29.4 Å². The van der Waals surface area contributed by atoms with Crippen molar-refractivity contribution in [2.24, 2.45) is 0 Å². The number of halogens is 1. The van der Waals surface area contributed by atoms with Gasteiger partial charge in [0, 0.05) is 24.2 Å². The second kappa shape index (κ2) is 7.89. The predicted octanol–water partition coefficient (Wildman–Crippen LogP) is 3.44. The fraction of sp³-hybridized carbons (Fsp3) is 0.333. The van der Waals surface area contributed by atoms with Crippen molar-refractivity contribution in [3.05, 3.63) is 51.2 Å². The second-order valence-electron chi connectivity index (χ2n) is 5.86. The summed E-state index contributed by atoms with van der Waals surface area (Å²) in [6.45, 7) is 1.27. The molecule has 1 aromatic carbocycles. The van der Waals surface area contributed by atoms with Crippen LogP contribution in [0.2, 0.25) is 5.02 Å². The average Bonchev–Trinajstić information content (AvgIpc) is 3.16. The largest absolute Gasteiger partial charge is 0.496 e. The molecule has 3 rings (SSSR count). The third-order valence-electron chi connectivity index (χ3n) is 4.26. The normalized spacial score (nSPS) is 15.0.